The summed E-state index contributed by atoms with van der Waals surface area (Å²) < 4.78 is 5.25. The first-order valence-corrected chi connectivity index (χ1v) is 11.2. The lowest BCUT2D eigenvalue weighted by Crippen LogP contribution is -2.48. The average molecular weight is 465 g/mol. The second kappa shape index (κ2) is 11.4. The van der Waals surface area contributed by atoms with Gasteiger partial charge in [-0.3, -0.25) is 4.79 Å². The summed E-state index contributed by atoms with van der Waals surface area (Å²) >= 11 is 12.1. The van der Waals surface area contributed by atoms with Gasteiger partial charge in [-0.15, -0.1) is 0 Å². The Hall–Kier alpha value is -2.24. The van der Waals surface area contributed by atoms with Gasteiger partial charge in [0, 0.05) is 6.54 Å². The molecule has 0 fully saturated rings. The maximum Gasteiger partial charge on any atom is 0.408 e. The van der Waals surface area contributed by atoms with E-state index in [1.807, 2.05) is 43.3 Å². The van der Waals surface area contributed by atoms with Crippen molar-refractivity contribution in [2.75, 3.05) is 6.54 Å². The number of hydrogen-bond donors (Lipinski definition) is 2. The maximum absolute atomic E-state index is 12.5. The maximum atomic E-state index is 12.5. The number of rotatable bonds is 8. The molecule has 1 atom stereocenters. The normalized spacial score (nSPS) is 12.2. The number of carbonyl (C=O) groups excluding carboxylic acids is 2. The lowest BCUT2D eigenvalue weighted by Gasteiger charge is -2.23. The fourth-order valence-corrected chi connectivity index (χ4v) is 3.30. The quantitative estimate of drug-likeness (QED) is 0.502. The van der Waals surface area contributed by atoms with Crippen molar-refractivity contribution >= 4 is 35.2 Å². The van der Waals surface area contributed by atoms with Crippen molar-refractivity contribution in [2.24, 2.45) is 0 Å². The highest BCUT2D eigenvalue weighted by Crippen LogP contribution is 2.28. The number of hydrogen-bond acceptors (Lipinski definition) is 3. The molecular weight excluding hydrogens is 435 g/mol. The zero-order valence-electron chi connectivity index (χ0n) is 18.4. The molecule has 0 radical (unpaired) electrons. The molecule has 0 saturated heterocycles. The van der Waals surface area contributed by atoms with E-state index in [4.69, 9.17) is 27.9 Å². The molecule has 5 nitrogen and oxygen atoms in total. The standard InChI is InChI=1S/C24H30Cl2N2O3/c1-5-6-21(28-23(30)31-24(2,3)4)22(29)27-14-13-16-7-9-17(10-8-16)18-11-12-19(25)20(26)15-18/h7-12,15,21H,5-6,13-14H2,1-4H3,(H,27,29)(H,28,30)/t21-/m0/s1. The Morgan fingerprint density at radius 3 is 2.23 bits per heavy atom. The van der Waals surface area contributed by atoms with Gasteiger partial charge in [-0.2, -0.15) is 0 Å². The minimum atomic E-state index is -0.614. The molecule has 168 valence electrons. The van der Waals surface area contributed by atoms with Gasteiger partial charge in [0.15, 0.2) is 0 Å². The number of alkyl carbamates (subject to hydrolysis) is 1. The van der Waals surface area contributed by atoms with E-state index >= 15 is 0 Å². The topological polar surface area (TPSA) is 67.4 Å². The van der Waals surface area contributed by atoms with Crippen molar-refractivity contribution in [3.05, 3.63) is 58.1 Å². The lowest BCUT2D eigenvalue weighted by molar-refractivity contribution is -0.123. The summed E-state index contributed by atoms with van der Waals surface area (Å²) in [7, 11) is 0. The molecule has 0 bridgehead atoms. The van der Waals surface area contributed by atoms with Crippen LogP contribution in [0.5, 0.6) is 0 Å². The Morgan fingerprint density at radius 2 is 1.65 bits per heavy atom. The molecule has 0 spiro atoms. The first-order valence-electron chi connectivity index (χ1n) is 10.4. The van der Waals surface area contributed by atoms with E-state index in [1.165, 1.54) is 0 Å². The molecule has 2 N–H and O–H groups in total. The Bertz CT molecular complexity index is 893. The fourth-order valence-electron chi connectivity index (χ4n) is 3.00. The second-order valence-electron chi connectivity index (χ2n) is 8.35. The van der Waals surface area contributed by atoms with Gasteiger partial charge >= 0.3 is 6.09 Å². The van der Waals surface area contributed by atoms with E-state index in [0.29, 0.717) is 29.4 Å². The van der Waals surface area contributed by atoms with Gasteiger partial charge < -0.3 is 15.4 Å². The van der Waals surface area contributed by atoms with Crippen LogP contribution in [0.25, 0.3) is 11.1 Å². The lowest BCUT2D eigenvalue weighted by atomic mass is 10.0. The third kappa shape index (κ3) is 8.42. The highest BCUT2D eigenvalue weighted by atomic mass is 35.5. The summed E-state index contributed by atoms with van der Waals surface area (Å²) in [4.78, 5) is 24.5. The average Bonchev–Trinajstić information content (AvgIpc) is 2.69. The Labute approximate surface area is 194 Å². The highest BCUT2D eigenvalue weighted by molar-refractivity contribution is 6.42. The number of ether oxygens (including phenoxy) is 1. The Balaban J connectivity index is 1.88. The third-order valence-corrected chi connectivity index (χ3v) is 5.24. The molecule has 0 aliphatic heterocycles. The zero-order chi connectivity index (χ0) is 23.0. The fraction of sp³-hybridized carbons (Fsp3) is 0.417. The van der Waals surface area contributed by atoms with Gasteiger partial charge in [0.2, 0.25) is 5.91 Å². The largest absolute Gasteiger partial charge is 0.444 e. The highest BCUT2D eigenvalue weighted by Gasteiger charge is 2.23. The van der Waals surface area contributed by atoms with Crippen LogP contribution in [-0.4, -0.2) is 30.2 Å². The second-order valence-corrected chi connectivity index (χ2v) is 9.17. The van der Waals surface area contributed by atoms with Crippen LogP contribution in [0, 0.1) is 0 Å². The molecule has 31 heavy (non-hydrogen) atoms. The van der Waals surface area contributed by atoms with Crippen molar-refractivity contribution in [2.45, 2.75) is 58.6 Å². The van der Waals surface area contributed by atoms with Crippen LogP contribution >= 0.6 is 23.2 Å². The van der Waals surface area contributed by atoms with E-state index in [9.17, 15) is 9.59 Å². The number of benzene rings is 2. The first-order chi connectivity index (χ1) is 14.6. The number of carbonyl (C=O) groups is 2. The number of nitrogens with one attached hydrogen (secondary N) is 2. The van der Waals surface area contributed by atoms with E-state index in [1.54, 1.807) is 26.8 Å². The zero-order valence-corrected chi connectivity index (χ0v) is 19.9. The third-order valence-electron chi connectivity index (χ3n) is 4.50. The van der Waals surface area contributed by atoms with Crippen molar-refractivity contribution in [1.82, 2.24) is 10.6 Å². The molecule has 2 amide bonds. The Kier molecular flexibility index (Phi) is 9.20. The van der Waals surface area contributed by atoms with Gasteiger partial charge in [0.05, 0.1) is 10.0 Å². The molecular formula is C24H30Cl2N2O3. The molecule has 0 aliphatic rings. The molecule has 0 unspecified atom stereocenters. The van der Waals surface area contributed by atoms with Gasteiger partial charge in [0.1, 0.15) is 11.6 Å². The van der Waals surface area contributed by atoms with E-state index < -0.39 is 17.7 Å². The SMILES string of the molecule is CCC[C@H](NC(=O)OC(C)(C)C)C(=O)NCCc1ccc(-c2ccc(Cl)c(Cl)c2)cc1. The summed E-state index contributed by atoms with van der Waals surface area (Å²) in [6.45, 7) is 7.80. The van der Waals surface area contributed by atoms with Crippen LogP contribution in [-0.2, 0) is 16.0 Å². The smallest absolute Gasteiger partial charge is 0.408 e. The van der Waals surface area contributed by atoms with E-state index in [2.05, 4.69) is 10.6 Å². The predicted octanol–water partition coefficient (Wildman–Crippen LogP) is 6.01. The van der Waals surface area contributed by atoms with Gasteiger partial charge in [-0.25, -0.2) is 4.79 Å². The van der Waals surface area contributed by atoms with Crippen LogP contribution in [0.2, 0.25) is 10.0 Å². The summed E-state index contributed by atoms with van der Waals surface area (Å²) in [5.74, 6) is -0.208. The van der Waals surface area contributed by atoms with E-state index in [0.717, 1.165) is 23.1 Å². The molecule has 7 heteroatoms. The molecule has 0 aliphatic carbocycles. The van der Waals surface area contributed by atoms with Crippen LogP contribution in [0.1, 0.15) is 46.1 Å². The summed E-state index contributed by atoms with van der Waals surface area (Å²) in [6.07, 6.45) is 1.41. The van der Waals surface area contributed by atoms with Gasteiger partial charge in [0.25, 0.3) is 0 Å². The van der Waals surface area contributed by atoms with Crippen molar-refractivity contribution < 1.29 is 14.3 Å². The molecule has 2 rings (SSSR count). The van der Waals surface area contributed by atoms with Crippen molar-refractivity contribution in [3.8, 4) is 11.1 Å². The van der Waals surface area contributed by atoms with Gasteiger partial charge in [-0.05, 0) is 62.4 Å². The van der Waals surface area contributed by atoms with Gasteiger partial charge in [-0.1, -0.05) is 66.9 Å². The molecule has 0 saturated carbocycles. The molecule has 2 aromatic carbocycles. The minimum Gasteiger partial charge on any atom is -0.444 e. The van der Waals surface area contributed by atoms with Crippen LogP contribution in [0.4, 0.5) is 4.79 Å². The van der Waals surface area contributed by atoms with E-state index in [-0.39, 0.29) is 5.91 Å². The molecule has 0 aromatic heterocycles. The van der Waals surface area contributed by atoms with Crippen LogP contribution in [0.3, 0.4) is 0 Å². The monoisotopic (exact) mass is 464 g/mol. The Morgan fingerprint density at radius 1 is 1.00 bits per heavy atom. The van der Waals surface area contributed by atoms with Crippen molar-refractivity contribution in [3.63, 3.8) is 0 Å². The summed E-state index contributed by atoms with van der Waals surface area (Å²) in [5.41, 5.74) is 2.51. The van der Waals surface area contributed by atoms with Crippen LogP contribution in [0.15, 0.2) is 42.5 Å². The summed E-state index contributed by atoms with van der Waals surface area (Å²) in [5, 5.41) is 6.62. The summed E-state index contributed by atoms with van der Waals surface area (Å²) in [6, 6.07) is 13.0. The number of halogens is 2. The predicted molar refractivity (Wildman–Crippen MR) is 127 cm³/mol. The minimum absolute atomic E-state index is 0.208. The number of amides is 2. The van der Waals surface area contributed by atoms with Crippen molar-refractivity contribution in [1.29, 1.82) is 0 Å². The first kappa shape index (κ1) is 25.0. The van der Waals surface area contributed by atoms with Crippen LogP contribution < -0.4 is 10.6 Å². The molecule has 2 aromatic rings. The molecule has 0 heterocycles.